The van der Waals surface area contributed by atoms with E-state index in [9.17, 15) is 9.59 Å². The Hall–Kier alpha value is -1.32. The summed E-state index contributed by atoms with van der Waals surface area (Å²) in [6, 6.07) is 0. The van der Waals surface area contributed by atoms with E-state index in [-0.39, 0.29) is 5.91 Å². The molecule has 1 amide bonds. The maximum absolute atomic E-state index is 12.0. The van der Waals surface area contributed by atoms with E-state index in [1.165, 1.54) is 12.8 Å². The van der Waals surface area contributed by atoms with Crippen molar-refractivity contribution in [2.75, 3.05) is 13.1 Å². The molecule has 1 saturated carbocycles. The van der Waals surface area contributed by atoms with Crippen molar-refractivity contribution in [3.05, 3.63) is 11.6 Å². The third-order valence-electron chi connectivity index (χ3n) is 3.87. The van der Waals surface area contributed by atoms with Crippen molar-refractivity contribution in [3.63, 3.8) is 0 Å². The minimum absolute atomic E-state index is 0.0284. The number of nitrogens with zero attached hydrogens (tertiary/aromatic N) is 1. The Bertz CT molecular complexity index is 384. The molecule has 0 aromatic heterocycles. The number of carboxylic acid groups (broad SMARTS) is 1. The highest BCUT2D eigenvalue weighted by molar-refractivity contribution is 5.89. The van der Waals surface area contributed by atoms with Crippen LogP contribution in [0.2, 0.25) is 0 Å². The number of likely N-dealkylation sites (tertiary alicyclic amines) is 1. The van der Waals surface area contributed by atoms with Gasteiger partial charge in [-0.05, 0) is 39.0 Å². The second kappa shape index (κ2) is 4.17. The number of allylic oxidation sites excluding steroid dienone is 1. The van der Waals surface area contributed by atoms with Crippen LogP contribution in [0.3, 0.4) is 0 Å². The van der Waals surface area contributed by atoms with Crippen LogP contribution in [0.25, 0.3) is 0 Å². The van der Waals surface area contributed by atoms with E-state index in [0.29, 0.717) is 25.4 Å². The van der Waals surface area contributed by atoms with Gasteiger partial charge in [0.2, 0.25) is 5.91 Å². The maximum atomic E-state index is 12.0. The first-order chi connectivity index (χ1) is 7.92. The summed E-state index contributed by atoms with van der Waals surface area (Å²) < 4.78 is 0. The topological polar surface area (TPSA) is 57.6 Å². The minimum Gasteiger partial charge on any atom is -0.481 e. The standard InChI is InChI=1S/C13H19NO3/c1-9(10-3-4-10)7-11(15)14-6-5-13(2,8-14)12(16)17/h7,10H,3-6,8H2,1-2H3,(H,16,17)/b9-7-/t13-/m0/s1. The van der Waals surface area contributed by atoms with E-state index in [0.717, 1.165) is 5.57 Å². The van der Waals surface area contributed by atoms with Crippen molar-refractivity contribution in [2.24, 2.45) is 11.3 Å². The lowest BCUT2D eigenvalue weighted by Crippen LogP contribution is -2.34. The molecule has 1 aliphatic heterocycles. The lowest BCUT2D eigenvalue weighted by Gasteiger charge is -2.19. The van der Waals surface area contributed by atoms with Crippen LogP contribution in [0.4, 0.5) is 0 Å². The molecule has 94 valence electrons. The van der Waals surface area contributed by atoms with Crippen LogP contribution in [0, 0.1) is 11.3 Å². The van der Waals surface area contributed by atoms with Crippen molar-refractivity contribution in [1.82, 2.24) is 4.90 Å². The molecular formula is C13H19NO3. The van der Waals surface area contributed by atoms with Crippen LogP contribution in [0.1, 0.15) is 33.1 Å². The number of carbonyl (C=O) groups is 2. The number of carbonyl (C=O) groups excluding carboxylic acids is 1. The van der Waals surface area contributed by atoms with Gasteiger partial charge in [-0.15, -0.1) is 0 Å². The van der Waals surface area contributed by atoms with Gasteiger partial charge in [0.05, 0.1) is 5.41 Å². The van der Waals surface area contributed by atoms with Crippen LogP contribution in [-0.2, 0) is 9.59 Å². The van der Waals surface area contributed by atoms with Crippen molar-refractivity contribution in [2.45, 2.75) is 33.1 Å². The molecule has 1 aliphatic carbocycles. The van der Waals surface area contributed by atoms with Crippen LogP contribution >= 0.6 is 0 Å². The molecule has 0 spiro atoms. The second-order valence-electron chi connectivity index (χ2n) is 5.54. The van der Waals surface area contributed by atoms with Gasteiger partial charge >= 0.3 is 5.97 Å². The monoisotopic (exact) mass is 237 g/mol. The Balaban J connectivity index is 1.98. The van der Waals surface area contributed by atoms with Crippen LogP contribution < -0.4 is 0 Å². The van der Waals surface area contributed by atoms with E-state index < -0.39 is 11.4 Å². The van der Waals surface area contributed by atoms with E-state index in [1.54, 1.807) is 17.9 Å². The normalized spacial score (nSPS) is 29.5. The summed E-state index contributed by atoms with van der Waals surface area (Å²) in [5, 5.41) is 9.10. The summed E-state index contributed by atoms with van der Waals surface area (Å²) in [7, 11) is 0. The fourth-order valence-electron chi connectivity index (χ4n) is 2.27. The Morgan fingerprint density at radius 2 is 2.06 bits per heavy atom. The SMILES string of the molecule is C/C(=C/C(=O)N1CC[C@](C)(C(=O)O)C1)C1CC1. The molecule has 1 heterocycles. The maximum Gasteiger partial charge on any atom is 0.311 e. The smallest absolute Gasteiger partial charge is 0.311 e. The molecule has 0 aromatic rings. The molecule has 0 unspecified atom stereocenters. The van der Waals surface area contributed by atoms with Gasteiger partial charge in [-0.2, -0.15) is 0 Å². The third kappa shape index (κ3) is 2.51. The highest BCUT2D eigenvalue weighted by Crippen LogP contribution is 2.36. The molecule has 1 atom stereocenters. The molecular weight excluding hydrogens is 218 g/mol. The average molecular weight is 237 g/mol. The van der Waals surface area contributed by atoms with Gasteiger partial charge in [-0.1, -0.05) is 5.57 Å². The minimum atomic E-state index is -0.810. The molecule has 17 heavy (non-hydrogen) atoms. The summed E-state index contributed by atoms with van der Waals surface area (Å²) in [5.41, 5.74) is 0.371. The lowest BCUT2D eigenvalue weighted by atomic mass is 9.90. The molecule has 1 saturated heterocycles. The number of amides is 1. The molecule has 0 bridgehead atoms. The second-order valence-corrected chi connectivity index (χ2v) is 5.54. The van der Waals surface area contributed by atoms with Crippen molar-refractivity contribution < 1.29 is 14.7 Å². The number of carboxylic acids is 1. The van der Waals surface area contributed by atoms with E-state index in [2.05, 4.69) is 0 Å². The summed E-state index contributed by atoms with van der Waals surface area (Å²) >= 11 is 0. The Morgan fingerprint density at radius 1 is 1.41 bits per heavy atom. The largest absolute Gasteiger partial charge is 0.481 e. The first-order valence-electron chi connectivity index (χ1n) is 6.13. The predicted molar refractivity (Wildman–Crippen MR) is 63.4 cm³/mol. The van der Waals surface area contributed by atoms with Gasteiger partial charge in [0.1, 0.15) is 0 Å². The van der Waals surface area contributed by atoms with E-state index >= 15 is 0 Å². The Kier molecular flexibility index (Phi) is 2.98. The van der Waals surface area contributed by atoms with Crippen molar-refractivity contribution in [3.8, 4) is 0 Å². The summed E-state index contributed by atoms with van der Waals surface area (Å²) in [6.07, 6.45) is 4.60. The quantitative estimate of drug-likeness (QED) is 0.759. The summed E-state index contributed by atoms with van der Waals surface area (Å²) in [6.45, 7) is 4.58. The number of rotatable bonds is 3. The first kappa shape index (κ1) is 12.1. The molecule has 2 aliphatic rings. The molecule has 4 nitrogen and oxygen atoms in total. The lowest BCUT2D eigenvalue weighted by molar-refractivity contribution is -0.147. The highest BCUT2D eigenvalue weighted by atomic mass is 16.4. The van der Waals surface area contributed by atoms with Gasteiger partial charge in [0, 0.05) is 19.2 Å². The van der Waals surface area contributed by atoms with Gasteiger partial charge < -0.3 is 10.0 Å². The average Bonchev–Trinajstić information content (AvgIpc) is 3.02. The van der Waals surface area contributed by atoms with E-state index in [1.807, 2.05) is 6.92 Å². The van der Waals surface area contributed by atoms with Crippen molar-refractivity contribution in [1.29, 1.82) is 0 Å². The first-order valence-corrected chi connectivity index (χ1v) is 6.13. The Labute approximate surface area is 101 Å². The summed E-state index contributed by atoms with van der Waals surface area (Å²) in [5.74, 6) is -0.248. The van der Waals surface area contributed by atoms with Crippen LogP contribution in [-0.4, -0.2) is 35.0 Å². The van der Waals surface area contributed by atoms with E-state index in [4.69, 9.17) is 5.11 Å². The number of hydrogen-bond acceptors (Lipinski definition) is 2. The number of aliphatic carboxylic acids is 1. The number of hydrogen-bond donors (Lipinski definition) is 1. The zero-order valence-corrected chi connectivity index (χ0v) is 10.4. The van der Waals surface area contributed by atoms with Gasteiger partial charge in [0.15, 0.2) is 0 Å². The molecule has 2 rings (SSSR count). The van der Waals surface area contributed by atoms with Gasteiger partial charge in [-0.3, -0.25) is 9.59 Å². The molecule has 0 radical (unpaired) electrons. The van der Waals surface area contributed by atoms with Crippen LogP contribution in [0.15, 0.2) is 11.6 Å². The van der Waals surface area contributed by atoms with Crippen molar-refractivity contribution >= 4 is 11.9 Å². The Morgan fingerprint density at radius 3 is 2.53 bits per heavy atom. The predicted octanol–water partition coefficient (Wildman–Crippen LogP) is 1.67. The van der Waals surface area contributed by atoms with Crippen LogP contribution in [0.5, 0.6) is 0 Å². The zero-order chi connectivity index (χ0) is 12.6. The van der Waals surface area contributed by atoms with Gasteiger partial charge in [-0.25, -0.2) is 0 Å². The third-order valence-corrected chi connectivity index (χ3v) is 3.87. The summed E-state index contributed by atoms with van der Waals surface area (Å²) in [4.78, 5) is 24.7. The zero-order valence-electron chi connectivity index (χ0n) is 10.4. The fourth-order valence-corrected chi connectivity index (χ4v) is 2.27. The molecule has 4 heteroatoms. The highest BCUT2D eigenvalue weighted by Gasteiger charge is 2.41. The fraction of sp³-hybridized carbons (Fsp3) is 0.692. The van der Waals surface area contributed by atoms with Gasteiger partial charge in [0.25, 0.3) is 0 Å². The molecule has 2 fully saturated rings. The molecule has 0 aromatic carbocycles. The molecule has 1 N–H and O–H groups in total.